The van der Waals surface area contributed by atoms with Crippen molar-refractivity contribution < 1.29 is 18.7 Å². The van der Waals surface area contributed by atoms with Crippen molar-refractivity contribution in [2.45, 2.75) is 32.4 Å². The Morgan fingerprint density at radius 1 is 1.48 bits per heavy atom. The van der Waals surface area contributed by atoms with Crippen LogP contribution in [0, 0.1) is 5.82 Å². The number of benzene rings is 1. The fourth-order valence-corrected chi connectivity index (χ4v) is 3.22. The first-order chi connectivity index (χ1) is 13.1. The second-order valence-electron chi connectivity index (χ2n) is 6.38. The van der Waals surface area contributed by atoms with E-state index in [2.05, 4.69) is 15.1 Å². The number of H-pyrrole nitrogens is 1. The van der Waals surface area contributed by atoms with E-state index in [1.165, 1.54) is 12.1 Å². The lowest BCUT2D eigenvalue weighted by molar-refractivity contribution is -0.0393. The Kier molecular flexibility index (Phi) is 4.53. The first-order valence-corrected chi connectivity index (χ1v) is 8.89. The van der Waals surface area contributed by atoms with E-state index in [0.29, 0.717) is 35.8 Å². The third-order valence-electron chi connectivity index (χ3n) is 4.51. The smallest absolute Gasteiger partial charge is 0.252 e. The van der Waals surface area contributed by atoms with Gasteiger partial charge in [-0.1, -0.05) is 0 Å². The number of amides is 1. The number of aromatic amines is 1. The number of fused-ring (bicyclic) bond motifs is 1. The molecule has 1 saturated heterocycles. The van der Waals surface area contributed by atoms with E-state index < -0.39 is 11.7 Å². The van der Waals surface area contributed by atoms with Crippen LogP contribution in [0.25, 0.3) is 22.6 Å². The summed E-state index contributed by atoms with van der Waals surface area (Å²) in [7, 11) is 0. The number of aromatic nitrogens is 4. The van der Waals surface area contributed by atoms with Crippen LogP contribution in [0.4, 0.5) is 4.39 Å². The van der Waals surface area contributed by atoms with Crippen molar-refractivity contribution in [1.82, 2.24) is 19.7 Å². The van der Waals surface area contributed by atoms with Crippen LogP contribution in [0.5, 0.6) is 5.75 Å². The Balaban J connectivity index is 1.77. The average molecular weight is 373 g/mol. The summed E-state index contributed by atoms with van der Waals surface area (Å²) in [5, 5.41) is 4.47. The summed E-state index contributed by atoms with van der Waals surface area (Å²) in [5.74, 6) is -0.648. The Labute approximate surface area is 154 Å². The number of hydrogen-bond acceptors (Lipinski definition) is 5. The molecule has 0 radical (unpaired) electrons. The molecule has 142 valence electrons. The molecule has 27 heavy (non-hydrogen) atoms. The number of nitrogens with zero attached hydrogens (tertiary/aromatic N) is 3. The Morgan fingerprint density at radius 3 is 3.04 bits per heavy atom. The van der Waals surface area contributed by atoms with Crippen molar-refractivity contribution >= 4 is 16.9 Å². The van der Waals surface area contributed by atoms with Gasteiger partial charge in [0.1, 0.15) is 11.9 Å². The fourth-order valence-electron chi connectivity index (χ4n) is 3.22. The number of imidazole rings is 1. The number of carbonyl (C=O) groups excluding carboxylic acids is 1. The maximum absolute atomic E-state index is 14.1. The molecule has 1 amide bonds. The van der Waals surface area contributed by atoms with Crippen molar-refractivity contribution in [3.63, 3.8) is 0 Å². The predicted octanol–water partition coefficient (Wildman–Crippen LogP) is 2.76. The molecule has 3 aromatic rings. The van der Waals surface area contributed by atoms with Crippen molar-refractivity contribution in [2.75, 3.05) is 13.2 Å². The molecule has 1 aliphatic heterocycles. The zero-order chi connectivity index (χ0) is 19.0. The van der Waals surface area contributed by atoms with Gasteiger partial charge in [0.2, 0.25) is 0 Å². The van der Waals surface area contributed by atoms with Crippen molar-refractivity contribution in [3.05, 3.63) is 29.7 Å². The minimum absolute atomic E-state index is 0.136. The summed E-state index contributed by atoms with van der Waals surface area (Å²) in [4.78, 5) is 19.3. The topological polar surface area (TPSA) is 108 Å². The van der Waals surface area contributed by atoms with E-state index >= 15 is 0 Å². The van der Waals surface area contributed by atoms with Gasteiger partial charge < -0.3 is 20.2 Å². The maximum Gasteiger partial charge on any atom is 0.252 e. The lowest BCUT2D eigenvalue weighted by Gasteiger charge is -2.22. The van der Waals surface area contributed by atoms with Crippen LogP contribution in [0.3, 0.4) is 0 Å². The van der Waals surface area contributed by atoms with Crippen LogP contribution < -0.4 is 10.5 Å². The number of halogens is 1. The summed E-state index contributed by atoms with van der Waals surface area (Å²) >= 11 is 0. The zero-order valence-corrected chi connectivity index (χ0v) is 14.9. The van der Waals surface area contributed by atoms with Gasteiger partial charge >= 0.3 is 0 Å². The lowest BCUT2D eigenvalue weighted by Crippen LogP contribution is -2.18. The number of nitrogens with two attached hydrogens (primary N) is 1. The van der Waals surface area contributed by atoms with E-state index in [1.807, 2.05) is 0 Å². The van der Waals surface area contributed by atoms with Gasteiger partial charge in [0.25, 0.3) is 5.91 Å². The van der Waals surface area contributed by atoms with Crippen molar-refractivity contribution in [1.29, 1.82) is 0 Å². The van der Waals surface area contributed by atoms with Gasteiger partial charge in [-0.05, 0) is 26.2 Å². The first-order valence-electron chi connectivity index (χ1n) is 8.89. The van der Waals surface area contributed by atoms with Gasteiger partial charge in [-0.3, -0.25) is 4.79 Å². The van der Waals surface area contributed by atoms with E-state index in [4.69, 9.17) is 15.2 Å². The van der Waals surface area contributed by atoms with E-state index in [0.717, 1.165) is 19.3 Å². The summed E-state index contributed by atoms with van der Waals surface area (Å²) < 4.78 is 26.7. The maximum atomic E-state index is 14.1. The largest absolute Gasteiger partial charge is 0.491 e. The third-order valence-corrected chi connectivity index (χ3v) is 4.51. The van der Waals surface area contributed by atoms with Crippen LogP contribution in [-0.4, -0.2) is 38.9 Å². The quantitative estimate of drug-likeness (QED) is 0.715. The highest BCUT2D eigenvalue weighted by Gasteiger charge is 2.24. The molecule has 9 heteroatoms. The average Bonchev–Trinajstić information content (AvgIpc) is 3.27. The standard InChI is InChI=1S/C18H20FN5O3/c1-2-26-14-8-13-12(7-11(14)19)21-18(22-13)16-10(17(20)25)9-24(23-16)15-5-3-4-6-27-15/h7-9,15H,2-6H2,1H3,(H2,20,25)(H,21,22). The number of ether oxygens (including phenoxy) is 2. The first kappa shape index (κ1) is 17.5. The molecular formula is C18H20FN5O3. The highest BCUT2D eigenvalue weighted by Crippen LogP contribution is 2.29. The SMILES string of the molecule is CCOc1cc2[nH]c(-c3nn(C4CCCCO4)cc3C(N)=O)nc2cc1F. The van der Waals surface area contributed by atoms with Crippen LogP contribution in [0.15, 0.2) is 18.3 Å². The van der Waals surface area contributed by atoms with Gasteiger partial charge in [-0.15, -0.1) is 0 Å². The number of hydrogen-bond donors (Lipinski definition) is 2. The Bertz CT molecular complexity index is 990. The molecule has 0 saturated carbocycles. The summed E-state index contributed by atoms with van der Waals surface area (Å²) in [6.07, 6.45) is 4.17. The summed E-state index contributed by atoms with van der Waals surface area (Å²) in [5.41, 5.74) is 7.05. The summed E-state index contributed by atoms with van der Waals surface area (Å²) in [6, 6.07) is 2.82. The highest BCUT2D eigenvalue weighted by molar-refractivity contribution is 5.98. The number of carbonyl (C=O) groups is 1. The van der Waals surface area contributed by atoms with Gasteiger partial charge in [0.05, 0.1) is 23.2 Å². The predicted molar refractivity (Wildman–Crippen MR) is 95.8 cm³/mol. The molecule has 1 aliphatic rings. The molecule has 8 nitrogen and oxygen atoms in total. The molecule has 1 atom stereocenters. The number of nitrogens with one attached hydrogen (secondary N) is 1. The molecular weight excluding hydrogens is 353 g/mol. The molecule has 2 aromatic heterocycles. The van der Waals surface area contributed by atoms with Gasteiger partial charge in [0, 0.05) is 24.9 Å². The lowest BCUT2D eigenvalue weighted by atomic mass is 10.2. The van der Waals surface area contributed by atoms with Crippen LogP contribution in [0.2, 0.25) is 0 Å². The van der Waals surface area contributed by atoms with Crippen molar-refractivity contribution in [2.24, 2.45) is 5.73 Å². The Hall–Kier alpha value is -2.94. The monoisotopic (exact) mass is 373 g/mol. The Morgan fingerprint density at radius 2 is 2.33 bits per heavy atom. The van der Waals surface area contributed by atoms with E-state index in [9.17, 15) is 9.18 Å². The zero-order valence-electron chi connectivity index (χ0n) is 14.9. The minimum Gasteiger partial charge on any atom is -0.491 e. The van der Waals surface area contributed by atoms with Crippen molar-refractivity contribution in [3.8, 4) is 17.3 Å². The molecule has 1 fully saturated rings. The molecule has 1 unspecified atom stereocenters. The van der Waals surface area contributed by atoms with Crippen LogP contribution in [-0.2, 0) is 4.74 Å². The molecule has 0 bridgehead atoms. The second kappa shape index (κ2) is 6.99. The van der Waals surface area contributed by atoms with Crippen LogP contribution in [0.1, 0.15) is 42.8 Å². The second-order valence-corrected chi connectivity index (χ2v) is 6.38. The molecule has 0 spiro atoms. The molecule has 3 N–H and O–H groups in total. The summed E-state index contributed by atoms with van der Waals surface area (Å²) in [6.45, 7) is 2.78. The minimum atomic E-state index is -0.617. The van der Waals surface area contributed by atoms with E-state index in [-0.39, 0.29) is 17.5 Å². The molecule has 3 heterocycles. The number of primary amides is 1. The normalized spacial score (nSPS) is 17.3. The molecule has 0 aliphatic carbocycles. The van der Waals surface area contributed by atoms with Crippen LogP contribution >= 0.6 is 0 Å². The third kappa shape index (κ3) is 3.25. The fraction of sp³-hybridized carbons (Fsp3) is 0.389. The van der Waals surface area contributed by atoms with Gasteiger partial charge in [-0.25, -0.2) is 14.1 Å². The van der Waals surface area contributed by atoms with Gasteiger partial charge in [-0.2, -0.15) is 5.10 Å². The molecule has 4 rings (SSSR count). The van der Waals surface area contributed by atoms with Gasteiger partial charge in [0.15, 0.2) is 17.4 Å². The number of rotatable bonds is 5. The highest BCUT2D eigenvalue weighted by atomic mass is 19.1. The van der Waals surface area contributed by atoms with E-state index in [1.54, 1.807) is 17.8 Å². The molecule has 1 aromatic carbocycles.